The molecule has 0 saturated heterocycles. The molecule has 3 nitrogen and oxygen atoms in total. The molecule has 0 aromatic rings. The van der Waals surface area contributed by atoms with Crippen LogP contribution < -0.4 is 5.73 Å². The maximum Gasteiger partial charge on any atom is 0.0497 e. The molecule has 1 aliphatic rings. The lowest BCUT2D eigenvalue weighted by atomic mass is 9.97. The molecule has 2 atom stereocenters. The Morgan fingerprint density at radius 1 is 1.31 bits per heavy atom. The summed E-state index contributed by atoms with van der Waals surface area (Å²) in [5, 5.41) is 8.56. The lowest BCUT2D eigenvalue weighted by Crippen LogP contribution is -2.22. The smallest absolute Gasteiger partial charge is 0.0497 e. The van der Waals surface area contributed by atoms with Crippen LogP contribution in [0.15, 0.2) is 0 Å². The monoisotopic (exact) mass is 187 g/mol. The van der Waals surface area contributed by atoms with Crippen LogP contribution in [-0.4, -0.2) is 31.5 Å². The predicted octanol–water partition coefficient (Wildman–Crippen LogP) is 0.760. The van der Waals surface area contributed by atoms with Crippen molar-refractivity contribution in [2.45, 2.75) is 25.7 Å². The second-order valence-corrected chi connectivity index (χ2v) is 3.84. The van der Waals surface area contributed by atoms with Crippen LogP contribution in [-0.2, 0) is 4.74 Å². The van der Waals surface area contributed by atoms with Crippen LogP contribution in [0.1, 0.15) is 25.7 Å². The van der Waals surface area contributed by atoms with Gasteiger partial charge < -0.3 is 15.6 Å². The van der Waals surface area contributed by atoms with Crippen LogP contribution in [0.4, 0.5) is 0 Å². The Labute approximate surface area is 80.3 Å². The first kappa shape index (κ1) is 11.0. The van der Waals surface area contributed by atoms with Crippen LogP contribution in [0.3, 0.4) is 0 Å². The van der Waals surface area contributed by atoms with E-state index >= 15 is 0 Å². The van der Waals surface area contributed by atoms with Crippen LogP contribution >= 0.6 is 0 Å². The Morgan fingerprint density at radius 3 is 2.77 bits per heavy atom. The zero-order valence-corrected chi connectivity index (χ0v) is 8.24. The molecular weight excluding hydrogens is 166 g/mol. The summed E-state index contributed by atoms with van der Waals surface area (Å²) in [6, 6.07) is 0. The summed E-state index contributed by atoms with van der Waals surface area (Å²) in [4.78, 5) is 0. The maximum absolute atomic E-state index is 8.56. The quantitative estimate of drug-likeness (QED) is 0.604. The van der Waals surface area contributed by atoms with Gasteiger partial charge in [-0.15, -0.1) is 0 Å². The third-order valence-corrected chi connectivity index (χ3v) is 2.90. The van der Waals surface area contributed by atoms with Gasteiger partial charge in [0.2, 0.25) is 0 Å². The van der Waals surface area contributed by atoms with E-state index in [4.69, 9.17) is 15.6 Å². The van der Waals surface area contributed by atoms with Crippen molar-refractivity contribution in [1.29, 1.82) is 0 Å². The van der Waals surface area contributed by atoms with Crippen molar-refractivity contribution in [3.05, 3.63) is 0 Å². The van der Waals surface area contributed by atoms with E-state index in [1.54, 1.807) is 0 Å². The number of nitrogens with two attached hydrogens (primary N) is 1. The first-order valence-electron chi connectivity index (χ1n) is 5.27. The number of hydrogen-bond donors (Lipinski definition) is 2. The summed E-state index contributed by atoms with van der Waals surface area (Å²) >= 11 is 0. The van der Waals surface area contributed by atoms with E-state index in [1.807, 2.05) is 0 Å². The van der Waals surface area contributed by atoms with Gasteiger partial charge in [0.05, 0.1) is 0 Å². The topological polar surface area (TPSA) is 55.5 Å². The molecule has 0 aliphatic heterocycles. The van der Waals surface area contributed by atoms with E-state index < -0.39 is 0 Å². The molecule has 1 fully saturated rings. The summed E-state index contributed by atoms with van der Waals surface area (Å²) < 4.78 is 5.47. The number of rotatable bonds is 6. The fourth-order valence-electron chi connectivity index (χ4n) is 2.04. The second kappa shape index (κ2) is 6.35. The van der Waals surface area contributed by atoms with Gasteiger partial charge in [0.1, 0.15) is 0 Å². The molecular formula is C10H21NO2. The number of hydrogen-bond acceptors (Lipinski definition) is 3. The van der Waals surface area contributed by atoms with Gasteiger partial charge in [0.25, 0.3) is 0 Å². The van der Waals surface area contributed by atoms with E-state index in [0.29, 0.717) is 18.4 Å². The third-order valence-electron chi connectivity index (χ3n) is 2.90. The minimum absolute atomic E-state index is 0.227. The maximum atomic E-state index is 8.56. The van der Waals surface area contributed by atoms with Gasteiger partial charge in [-0.05, 0) is 37.6 Å². The van der Waals surface area contributed by atoms with Crippen molar-refractivity contribution >= 4 is 0 Å². The molecule has 0 bridgehead atoms. The highest BCUT2D eigenvalue weighted by molar-refractivity contribution is 4.77. The average Bonchev–Trinajstić information content (AvgIpc) is 2.60. The molecule has 0 aromatic heterocycles. The molecule has 3 heteroatoms. The van der Waals surface area contributed by atoms with Gasteiger partial charge in [0, 0.05) is 19.8 Å². The van der Waals surface area contributed by atoms with Crippen molar-refractivity contribution < 1.29 is 9.84 Å². The first-order chi connectivity index (χ1) is 6.38. The van der Waals surface area contributed by atoms with Gasteiger partial charge in [-0.25, -0.2) is 0 Å². The molecule has 0 aromatic carbocycles. The van der Waals surface area contributed by atoms with Crippen molar-refractivity contribution in [3.8, 4) is 0 Å². The zero-order chi connectivity index (χ0) is 9.52. The summed E-state index contributed by atoms with van der Waals surface area (Å²) in [5.74, 6) is 1.35. The average molecular weight is 187 g/mol. The summed E-state index contributed by atoms with van der Waals surface area (Å²) in [6.45, 7) is 2.55. The molecule has 1 saturated carbocycles. The van der Waals surface area contributed by atoms with Gasteiger partial charge in [-0.2, -0.15) is 0 Å². The summed E-state index contributed by atoms with van der Waals surface area (Å²) in [7, 11) is 0. The molecule has 1 aliphatic carbocycles. The van der Waals surface area contributed by atoms with Crippen LogP contribution in [0.2, 0.25) is 0 Å². The highest BCUT2D eigenvalue weighted by Gasteiger charge is 2.25. The normalized spacial score (nSPS) is 28.2. The van der Waals surface area contributed by atoms with E-state index in [2.05, 4.69) is 0 Å². The van der Waals surface area contributed by atoms with Crippen molar-refractivity contribution in [2.24, 2.45) is 17.6 Å². The van der Waals surface area contributed by atoms with Crippen molar-refractivity contribution in [1.82, 2.24) is 0 Å². The SMILES string of the molecule is NCC1CCCC1COCCCO. The molecule has 13 heavy (non-hydrogen) atoms. The molecule has 0 spiro atoms. The second-order valence-electron chi connectivity index (χ2n) is 3.84. The standard InChI is InChI=1S/C10H21NO2/c11-7-9-3-1-4-10(9)8-13-6-2-5-12/h9-10,12H,1-8,11H2. The minimum Gasteiger partial charge on any atom is -0.396 e. The number of ether oxygens (including phenoxy) is 1. The molecule has 0 radical (unpaired) electrons. The lowest BCUT2D eigenvalue weighted by Gasteiger charge is -2.17. The van der Waals surface area contributed by atoms with Gasteiger partial charge in [-0.3, -0.25) is 0 Å². The summed E-state index contributed by atoms with van der Waals surface area (Å²) in [6.07, 6.45) is 4.58. The minimum atomic E-state index is 0.227. The largest absolute Gasteiger partial charge is 0.396 e. The Hall–Kier alpha value is -0.120. The van der Waals surface area contributed by atoms with E-state index in [9.17, 15) is 0 Å². The Morgan fingerprint density at radius 2 is 2.08 bits per heavy atom. The summed E-state index contributed by atoms with van der Waals surface area (Å²) in [5.41, 5.74) is 5.66. The van der Waals surface area contributed by atoms with E-state index in [1.165, 1.54) is 19.3 Å². The van der Waals surface area contributed by atoms with Crippen LogP contribution in [0, 0.1) is 11.8 Å². The van der Waals surface area contributed by atoms with Crippen molar-refractivity contribution in [3.63, 3.8) is 0 Å². The van der Waals surface area contributed by atoms with Crippen molar-refractivity contribution in [2.75, 3.05) is 26.4 Å². The zero-order valence-electron chi connectivity index (χ0n) is 8.24. The molecule has 0 amide bonds. The highest BCUT2D eigenvalue weighted by atomic mass is 16.5. The Balaban J connectivity index is 2.06. The Kier molecular flexibility index (Phi) is 5.35. The molecule has 3 N–H and O–H groups in total. The highest BCUT2D eigenvalue weighted by Crippen LogP contribution is 2.30. The van der Waals surface area contributed by atoms with E-state index in [0.717, 1.165) is 19.6 Å². The van der Waals surface area contributed by atoms with Gasteiger partial charge in [0.15, 0.2) is 0 Å². The fourth-order valence-corrected chi connectivity index (χ4v) is 2.04. The fraction of sp³-hybridized carbons (Fsp3) is 1.00. The van der Waals surface area contributed by atoms with Crippen LogP contribution in [0.25, 0.3) is 0 Å². The van der Waals surface area contributed by atoms with Gasteiger partial charge >= 0.3 is 0 Å². The molecule has 1 rings (SSSR count). The van der Waals surface area contributed by atoms with E-state index in [-0.39, 0.29) is 6.61 Å². The Bertz CT molecular complexity index is 130. The number of aliphatic hydroxyl groups excluding tert-OH is 1. The first-order valence-corrected chi connectivity index (χ1v) is 5.27. The predicted molar refractivity (Wildman–Crippen MR) is 52.4 cm³/mol. The molecule has 0 heterocycles. The third kappa shape index (κ3) is 3.63. The number of aliphatic hydroxyl groups is 1. The van der Waals surface area contributed by atoms with Gasteiger partial charge in [-0.1, -0.05) is 6.42 Å². The lowest BCUT2D eigenvalue weighted by molar-refractivity contribution is 0.0760. The molecule has 78 valence electrons. The molecule has 2 unspecified atom stereocenters. The van der Waals surface area contributed by atoms with Crippen LogP contribution in [0.5, 0.6) is 0 Å².